The Morgan fingerprint density at radius 3 is 3.00 bits per heavy atom. The maximum Gasteiger partial charge on any atom is 0.319 e. The van der Waals surface area contributed by atoms with Crippen molar-refractivity contribution < 1.29 is 9.53 Å². The molecule has 92 valence electrons. The van der Waals surface area contributed by atoms with E-state index in [9.17, 15) is 4.79 Å². The number of carbonyl (C=O) groups excluding carboxylic acids is 1. The number of rotatable bonds is 5. The molecule has 0 aromatic heterocycles. The largest absolute Gasteiger partial charge is 0.497 e. The van der Waals surface area contributed by atoms with E-state index in [1.165, 1.54) is 0 Å². The molecule has 0 unspecified atom stereocenters. The van der Waals surface area contributed by atoms with Crippen LogP contribution in [-0.4, -0.2) is 25.6 Å². The molecule has 0 spiro atoms. The summed E-state index contributed by atoms with van der Waals surface area (Å²) >= 11 is 5.45. The van der Waals surface area contributed by atoms with Crippen LogP contribution in [0.5, 0.6) is 5.75 Å². The third-order valence-corrected chi connectivity index (χ3v) is 2.14. The first-order valence-electron chi connectivity index (χ1n) is 5.16. The van der Waals surface area contributed by atoms with Gasteiger partial charge in [-0.2, -0.15) is 0 Å². The SMILES string of the molecule is COc1cccc(NC(=O)NC/C=C/CCl)c1. The maximum atomic E-state index is 11.4. The first-order valence-corrected chi connectivity index (χ1v) is 5.69. The van der Waals surface area contributed by atoms with Crippen LogP contribution in [0.4, 0.5) is 10.5 Å². The van der Waals surface area contributed by atoms with Gasteiger partial charge in [-0.3, -0.25) is 0 Å². The molecule has 1 aromatic rings. The highest BCUT2D eigenvalue weighted by atomic mass is 35.5. The molecular weight excluding hydrogens is 240 g/mol. The molecular formula is C12H15ClN2O2. The molecule has 1 aromatic carbocycles. The van der Waals surface area contributed by atoms with E-state index in [1.807, 2.05) is 12.1 Å². The van der Waals surface area contributed by atoms with Gasteiger partial charge in [0.2, 0.25) is 0 Å². The molecule has 0 fully saturated rings. The zero-order valence-corrected chi connectivity index (χ0v) is 10.3. The predicted octanol–water partition coefficient (Wildman–Crippen LogP) is 2.61. The zero-order valence-electron chi connectivity index (χ0n) is 9.57. The van der Waals surface area contributed by atoms with E-state index in [-0.39, 0.29) is 6.03 Å². The van der Waals surface area contributed by atoms with Gasteiger partial charge in [-0.1, -0.05) is 18.2 Å². The quantitative estimate of drug-likeness (QED) is 0.627. The second-order valence-electron chi connectivity index (χ2n) is 3.19. The van der Waals surface area contributed by atoms with E-state index in [0.29, 0.717) is 23.9 Å². The van der Waals surface area contributed by atoms with Crippen LogP contribution in [0.3, 0.4) is 0 Å². The molecule has 0 aliphatic rings. The van der Waals surface area contributed by atoms with Gasteiger partial charge in [0, 0.05) is 24.2 Å². The number of allylic oxidation sites excluding steroid dienone is 1. The average Bonchev–Trinajstić information content (AvgIpc) is 2.35. The summed E-state index contributed by atoms with van der Waals surface area (Å²) in [5, 5.41) is 5.36. The monoisotopic (exact) mass is 254 g/mol. The zero-order chi connectivity index (χ0) is 12.5. The minimum atomic E-state index is -0.266. The van der Waals surface area contributed by atoms with Crippen molar-refractivity contribution in [2.24, 2.45) is 0 Å². The third-order valence-electron chi connectivity index (χ3n) is 1.96. The Balaban J connectivity index is 2.42. The normalized spacial score (nSPS) is 10.2. The summed E-state index contributed by atoms with van der Waals surface area (Å²) in [6.45, 7) is 0.447. The van der Waals surface area contributed by atoms with Crippen LogP contribution in [0, 0.1) is 0 Å². The van der Waals surface area contributed by atoms with Crippen LogP contribution >= 0.6 is 11.6 Å². The molecule has 1 rings (SSSR count). The van der Waals surface area contributed by atoms with E-state index >= 15 is 0 Å². The van der Waals surface area contributed by atoms with E-state index in [4.69, 9.17) is 16.3 Å². The van der Waals surface area contributed by atoms with E-state index in [0.717, 1.165) is 0 Å². The number of methoxy groups -OCH3 is 1. The molecule has 0 aliphatic carbocycles. The number of halogens is 1. The highest BCUT2D eigenvalue weighted by Gasteiger charge is 2.00. The highest BCUT2D eigenvalue weighted by molar-refractivity contribution is 6.18. The molecule has 2 N–H and O–H groups in total. The number of nitrogens with one attached hydrogen (secondary N) is 2. The predicted molar refractivity (Wildman–Crippen MR) is 69.9 cm³/mol. The number of urea groups is 1. The summed E-state index contributed by atoms with van der Waals surface area (Å²) < 4.78 is 5.05. The van der Waals surface area contributed by atoms with Crippen LogP contribution in [0.15, 0.2) is 36.4 Å². The lowest BCUT2D eigenvalue weighted by Gasteiger charge is -2.07. The number of carbonyl (C=O) groups is 1. The number of hydrogen-bond acceptors (Lipinski definition) is 2. The van der Waals surface area contributed by atoms with Gasteiger partial charge in [0.1, 0.15) is 5.75 Å². The van der Waals surface area contributed by atoms with Crippen molar-refractivity contribution in [3.05, 3.63) is 36.4 Å². The Kier molecular flexibility index (Phi) is 5.96. The molecule has 0 saturated carbocycles. The molecule has 17 heavy (non-hydrogen) atoms. The smallest absolute Gasteiger partial charge is 0.319 e. The van der Waals surface area contributed by atoms with Gasteiger partial charge in [0.15, 0.2) is 0 Å². The summed E-state index contributed by atoms with van der Waals surface area (Å²) in [6, 6.07) is 6.89. The number of hydrogen-bond donors (Lipinski definition) is 2. The Morgan fingerprint density at radius 2 is 2.29 bits per heavy atom. The molecule has 0 radical (unpaired) electrons. The Hall–Kier alpha value is -1.68. The van der Waals surface area contributed by atoms with Crippen LogP contribution in [0.2, 0.25) is 0 Å². The van der Waals surface area contributed by atoms with Crippen molar-refractivity contribution >= 4 is 23.3 Å². The molecule has 0 heterocycles. The van der Waals surface area contributed by atoms with Crippen molar-refractivity contribution in [1.29, 1.82) is 0 Å². The fraction of sp³-hybridized carbons (Fsp3) is 0.250. The van der Waals surface area contributed by atoms with Crippen LogP contribution in [-0.2, 0) is 0 Å². The van der Waals surface area contributed by atoms with Gasteiger partial charge < -0.3 is 15.4 Å². The second-order valence-corrected chi connectivity index (χ2v) is 3.50. The first kappa shape index (κ1) is 13.4. The van der Waals surface area contributed by atoms with Gasteiger partial charge in [0.25, 0.3) is 0 Å². The van der Waals surface area contributed by atoms with Gasteiger partial charge >= 0.3 is 6.03 Å². The van der Waals surface area contributed by atoms with Crippen molar-refractivity contribution in [3.8, 4) is 5.75 Å². The fourth-order valence-corrected chi connectivity index (χ4v) is 1.30. The molecule has 5 heteroatoms. The van der Waals surface area contributed by atoms with Crippen LogP contribution in [0.1, 0.15) is 0 Å². The van der Waals surface area contributed by atoms with E-state index < -0.39 is 0 Å². The summed E-state index contributed by atoms with van der Waals surface area (Å²) in [7, 11) is 1.58. The summed E-state index contributed by atoms with van der Waals surface area (Å²) in [5.41, 5.74) is 0.683. The standard InChI is InChI=1S/C12H15ClN2O2/c1-17-11-6-4-5-10(9-11)15-12(16)14-8-3-2-7-13/h2-6,9H,7-8H2,1H3,(H2,14,15,16)/b3-2+. The minimum absolute atomic E-state index is 0.266. The van der Waals surface area contributed by atoms with E-state index in [1.54, 1.807) is 31.4 Å². The summed E-state index contributed by atoms with van der Waals surface area (Å²) in [4.78, 5) is 11.4. The van der Waals surface area contributed by atoms with Crippen molar-refractivity contribution in [2.75, 3.05) is 24.9 Å². The summed E-state index contributed by atoms with van der Waals surface area (Å²) in [5.74, 6) is 1.14. The third kappa shape index (κ3) is 5.26. The molecule has 0 bridgehead atoms. The number of alkyl halides is 1. The highest BCUT2D eigenvalue weighted by Crippen LogP contribution is 2.16. The second kappa shape index (κ2) is 7.57. The lowest BCUT2D eigenvalue weighted by molar-refractivity contribution is 0.253. The minimum Gasteiger partial charge on any atom is -0.497 e. The topological polar surface area (TPSA) is 50.4 Å². The first-order chi connectivity index (χ1) is 8.26. The Labute approximate surface area is 106 Å². The van der Waals surface area contributed by atoms with Crippen molar-refractivity contribution in [3.63, 3.8) is 0 Å². The Bertz CT molecular complexity index is 394. The van der Waals surface area contributed by atoms with Crippen LogP contribution in [0.25, 0.3) is 0 Å². The van der Waals surface area contributed by atoms with Gasteiger partial charge in [-0.25, -0.2) is 4.79 Å². The number of benzene rings is 1. The van der Waals surface area contributed by atoms with Gasteiger partial charge in [-0.05, 0) is 12.1 Å². The lowest BCUT2D eigenvalue weighted by Crippen LogP contribution is -2.28. The number of ether oxygens (including phenoxy) is 1. The summed E-state index contributed by atoms with van der Waals surface area (Å²) in [6.07, 6.45) is 3.56. The number of anilines is 1. The fourth-order valence-electron chi connectivity index (χ4n) is 1.17. The number of amides is 2. The van der Waals surface area contributed by atoms with E-state index in [2.05, 4.69) is 10.6 Å². The Morgan fingerprint density at radius 1 is 1.47 bits per heavy atom. The average molecular weight is 255 g/mol. The van der Waals surface area contributed by atoms with Crippen LogP contribution < -0.4 is 15.4 Å². The molecule has 2 amide bonds. The molecule has 0 atom stereocenters. The lowest BCUT2D eigenvalue weighted by atomic mass is 10.3. The maximum absolute atomic E-state index is 11.4. The molecule has 0 aliphatic heterocycles. The van der Waals surface area contributed by atoms with Crippen molar-refractivity contribution in [2.45, 2.75) is 0 Å². The van der Waals surface area contributed by atoms with Gasteiger partial charge in [-0.15, -0.1) is 11.6 Å². The van der Waals surface area contributed by atoms with Gasteiger partial charge in [0.05, 0.1) is 7.11 Å². The molecule has 0 saturated heterocycles. The molecule has 4 nitrogen and oxygen atoms in total. The van der Waals surface area contributed by atoms with Crippen molar-refractivity contribution in [1.82, 2.24) is 5.32 Å².